The highest BCUT2D eigenvalue weighted by molar-refractivity contribution is 7.15. The van der Waals surface area contributed by atoms with Gasteiger partial charge in [-0.1, -0.05) is 18.7 Å². The fourth-order valence-corrected chi connectivity index (χ4v) is 2.81. The van der Waals surface area contributed by atoms with Crippen molar-refractivity contribution in [1.29, 1.82) is 0 Å². The molecule has 0 fully saturated rings. The molecule has 0 atom stereocenters. The third-order valence-electron chi connectivity index (χ3n) is 2.99. The first-order chi connectivity index (χ1) is 10.0. The number of alkyl halides is 2. The Morgan fingerprint density at radius 1 is 1.29 bits per heavy atom. The number of benzene rings is 1. The van der Waals surface area contributed by atoms with Crippen LogP contribution in [-0.4, -0.2) is 11.4 Å². The summed E-state index contributed by atoms with van der Waals surface area (Å²) in [7, 11) is 0. The van der Waals surface area contributed by atoms with E-state index in [1.807, 2.05) is 0 Å². The van der Waals surface area contributed by atoms with Gasteiger partial charge in [-0.15, -0.1) is 11.3 Å². The second kappa shape index (κ2) is 6.85. The second-order valence-corrected chi connectivity index (χ2v) is 5.51. The standard InChI is InChI=1S/C15H13F4NS/c1-2-10-8-20-15(21-10)13-9(4-3-5-12(17)18)6-7-11(16)14(13)19/h2,6-8,12H,1,3-5H2. The maximum absolute atomic E-state index is 14.1. The predicted octanol–water partition coefficient (Wildman–Crippen LogP) is 5.32. The van der Waals surface area contributed by atoms with Crippen molar-refractivity contribution in [2.24, 2.45) is 0 Å². The summed E-state index contributed by atoms with van der Waals surface area (Å²) in [6, 6.07) is 2.44. The van der Waals surface area contributed by atoms with Crippen LogP contribution in [-0.2, 0) is 6.42 Å². The minimum atomic E-state index is -2.40. The molecule has 0 bridgehead atoms. The van der Waals surface area contributed by atoms with E-state index in [1.54, 1.807) is 6.08 Å². The Morgan fingerprint density at radius 3 is 2.67 bits per heavy atom. The Morgan fingerprint density at radius 2 is 2.05 bits per heavy atom. The van der Waals surface area contributed by atoms with Gasteiger partial charge in [0.05, 0.1) is 5.56 Å². The van der Waals surface area contributed by atoms with Gasteiger partial charge in [-0.3, -0.25) is 0 Å². The van der Waals surface area contributed by atoms with E-state index in [1.165, 1.54) is 23.6 Å². The first-order valence-corrected chi connectivity index (χ1v) is 7.18. The summed E-state index contributed by atoms with van der Waals surface area (Å²) in [5.41, 5.74) is 0.543. The molecule has 1 heterocycles. The van der Waals surface area contributed by atoms with E-state index in [2.05, 4.69) is 11.6 Å². The molecule has 1 aromatic heterocycles. The van der Waals surface area contributed by atoms with Crippen molar-refractivity contribution in [1.82, 2.24) is 4.98 Å². The maximum Gasteiger partial charge on any atom is 0.238 e. The smallest absolute Gasteiger partial charge is 0.238 e. The molecule has 21 heavy (non-hydrogen) atoms. The average Bonchev–Trinajstić information content (AvgIpc) is 2.91. The second-order valence-electron chi connectivity index (χ2n) is 4.45. The monoisotopic (exact) mass is 315 g/mol. The van der Waals surface area contributed by atoms with Gasteiger partial charge in [0.2, 0.25) is 6.43 Å². The van der Waals surface area contributed by atoms with Gasteiger partial charge in [0.25, 0.3) is 0 Å². The molecule has 0 aliphatic rings. The molecular weight excluding hydrogens is 302 g/mol. The fourth-order valence-electron chi connectivity index (χ4n) is 1.97. The summed E-state index contributed by atoms with van der Waals surface area (Å²) >= 11 is 1.18. The normalized spacial score (nSPS) is 11.1. The molecule has 0 aliphatic heterocycles. The zero-order valence-corrected chi connectivity index (χ0v) is 11.9. The molecular formula is C15H13F4NS. The topological polar surface area (TPSA) is 12.9 Å². The minimum Gasteiger partial charge on any atom is -0.244 e. The van der Waals surface area contributed by atoms with Gasteiger partial charge in [-0.05, 0) is 24.5 Å². The molecule has 2 rings (SSSR count). The van der Waals surface area contributed by atoms with Crippen LogP contribution in [0.2, 0.25) is 0 Å². The van der Waals surface area contributed by atoms with Gasteiger partial charge < -0.3 is 0 Å². The highest BCUT2D eigenvalue weighted by Crippen LogP contribution is 2.33. The molecule has 0 saturated heterocycles. The molecule has 0 N–H and O–H groups in total. The Bertz CT molecular complexity index is 637. The van der Waals surface area contributed by atoms with E-state index in [0.29, 0.717) is 10.6 Å². The van der Waals surface area contributed by atoms with Crippen molar-refractivity contribution >= 4 is 17.4 Å². The van der Waals surface area contributed by atoms with E-state index in [9.17, 15) is 17.6 Å². The summed E-state index contributed by atoms with van der Waals surface area (Å²) in [5, 5.41) is 0.328. The lowest BCUT2D eigenvalue weighted by atomic mass is 10.0. The Hall–Kier alpha value is -1.69. The number of rotatable bonds is 6. The average molecular weight is 315 g/mol. The van der Waals surface area contributed by atoms with Crippen LogP contribution >= 0.6 is 11.3 Å². The van der Waals surface area contributed by atoms with Crippen LogP contribution in [0.5, 0.6) is 0 Å². The number of hydrogen-bond donors (Lipinski definition) is 0. The van der Waals surface area contributed by atoms with Crippen LogP contribution in [0.1, 0.15) is 23.3 Å². The number of aryl methyl sites for hydroxylation is 1. The maximum atomic E-state index is 14.1. The third kappa shape index (κ3) is 3.69. The van der Waals surface area contributed by atoms with Crippen LogP contribution in [0.4, 0.5) is 17.6 Å². The van der Waals surface area contributed by atoms with Crippen LogP contribution in [0, 0.1) is 11.6 Å². The molecule has 0 saturated carbocycles. The van der Waals surface area contributed by atoms with Crippen molar-refractivity contribution in [2.75, 3.05) is 0 Å². The number of thiazole rings is 1. The van der Waals surface area contributed by atoms with Gasteiger partial charge in [0, 0.05) is 17.5 Å². The fraction of sp³-hybridized carbons (Fsp3) is 0.267. The van der Waals surface area contributed by atoms with Crippen LogP contribution < -0.4 is 0 Å². The summed E-state index contributed by atoms with van der Waals surface area (Å²) in [5.74, 6) is -1.97. The van der Waals surface area contributed by atoms with E-state index >= 15 is 0 Å². The minimum absolute atomic E-state index is 0.0577. The van der Waals surface area contributed by atoms with E-state index in [-0.39, 0.29) is 24.8 Å². The highest BCUT2D eigenvalue weighted by Gasteiger charge is 2.18. The molecule has 0 amide bonds. The summed E-state index contributed by atoms with van der Waals surface area (Å²) < 4.78 is 51.9. The lowest BCUT2D eigenvalue weighted by molar-refractivity contribution is 0.135. The number of aromatic nitrogens is 1. The first-order valence-electron chi connectivity index (χ1n) is 6.36. The van der Waals surface area contributed by atoms with Gasteiger partial charge >= 0.3 is 0 Å². The Labute approximate surface area is 124 Å². The number of hydrogen-bond acceptors (Lipinski definition) is 2. The van der Waals surface area contributed by atoms with Crippen LogP contribution in [0.25, 0.3) is 16.6 Å². The largest absolute Gasteiger partial charge is 0.244 e. The van der Waals surface area contributed by atoms with Crippen molar-refractivity contribution in [3.63, 3.8) is 0 Å². The van der Waals surface area contributed by atoms with Gasteiger partial charge in [-0.25, -0.2) is 22.5 Å². The zero-order chi connectivity index (χ0) is 15.4. The molecule has 2 aromatic rings. The summed E-state index contributed by atoms with van der Waals surface area (Å²) in [6.07, 6.45) is 0.865. The quantitative estimate of drug-likeness (QED) is 0.658. The highest BCUT2D eigenvalue weighted by atomic mass is 32.1. The van der Waals surface area contributed by atoms with Gasteiger partial charge in [0.15, 0.2) is 11.6 Å². The van der Waals surface area contributed by atoms with Crippen molar-refractivity contribution in [3.8, 4) is 10.6 Å². The molecule has 0 radical (unpaired) electrons. The van der Waals surface area contributed by atoms with Crippen molar-refractivity contribution in [3.05, 3.63) is 47.0 Å². The molecule has 112 valence electrons. The molecule has 0 aliphatic carbocycles. The zero-order valence-electron chi connectivity index (χ0n) is 11.1. The number of nitrogens with zero attached hydrogens (tertiary/aromatic N) is 1. The van der Waals surface area contributed by atoms with Crippen molar-refractivity contribution in [2.45, 2.75) is 25.7 Å². The summed E-state index contributed by atoms with van der Waals surface area (Å²) in [4.78, 5) is 4.78. The van der Waals surface area contributed by atoms with E-state index < -0.39 is 18.1 Å². The molecule has 6 heteroatoms. The van der Waals surface area contributed by atoms with Gasteiger partial charge in [0.1, 0.15) is 5.01 Å². The molecule has 1 nitrogen and oxygen atoms in total. The predicted molar refractivity (Wildman–Crippen MR) is 76.5 cm³/mol. The Kier molecular flexibility index (Phi) is 5.12. The molecule has 0 unspecified atom stereocenters. The lowest BCUT2D eigenvalue weighted by Gasteiger charge is -2.09. The Balaban J connectivity index is 2.36. The summed E-state index contributed by atoms with van der Waals surface area (Å²) in [6.45, 7) is 3.59. The first kappa shape index (κ1) is 15.7. The number of halogens is 4. The lowest BCUT2D eigenvalue weighted by Crippen LogP contribution is -1.99. The van der Waals surface area contributed by atoms with E-state index in [4.69, 9.17) is 0 Å². The SMILES string of the molecule is C=Cc1cnc(-c2c(CCCC(F)F)ccc(F)c2F)s1. The van der Waals surface area contributed by atoms with E-state index in [0.717, 1.165) is 10.9 Å². The van der Waals surface area contributed by atoms with Gasteiger partial charge in [-0.2, -0.15) is 0 Å². The third-order valence-corrected chi connectivity index (χ3v) is 4.00. The van der Waals surface area contributed by atoms with Crippen molar-refractivity contribution < 1.29 is 17.6 Å². The molecule has 1 aromatic carbocycles. The van der Waals surface area contributed by atoms with Crippen LogP contribution in [0.15, 0.2) is 24.9 Å². The molecule has 0 spiro atoms. The van der Waals surface area contributed by atoms with Crippen LogP contribution in [0.3, 0.4) is 0 Å².